The lowest BCUT2D eigenvalue weighted by Gasteiger charge is -1.98. The van der Waals surface area contributed by atoms with E-state index in [0.717, 1.165) is 38.5 Å². The molecule has 0 saturated heterocycles. The Kier molecular flexibility index (Phi) is 14.3. The van der Waals surface area contributed by atoms with Crippen LogP contribution in [0.1, 0.15) is 58.3 Å². The highest BCUT2D eigenvalue weighted by Crippen LogP contribution is 2.08. The van der Waals surface area contributed by atoms with E-state index in [1.54, 1.807) is 0 Å². The van der Waals surface area contributed by atoms with Crippen LogP contribution < -0.4 is 5.73 Å². The number of carbonyl (C=O) groups is 3. The quantitative estimate of drug-likeness (QED) is 0.449. The van der Waals surface area contributed by atoms with Crippen LogP contribution in [0.3, 0.4) is 0 Å². The number of carboxylic acids is 3. The van der Waals surface area contributed by atoms with E-state index in [1.807, 2.05) is 0 Å². The summed E-state index contributed by atoms with van der Waals surface area (Å²) in [6, 6.07) is -0.731. The van der Waals surface area contributed by atoms with Crippen molar-refractivity contribution in [2.24, 2.45) is 5.73 Å². The van der Waals surface area contributed by atoms with E-state index < -0.39 is 23.9 Å². The SMILES string of the molecule is CC(N)C(=O)O.O=C(O)CCCCCCCCC(=O)O. The molecule has 0 heterocycles. The lowest BCUT2D eigenvalue weighted by atomic mass is 10.1. The first kappa shape index (κ1) is 20.7. The third kappa shape index (κ3) is 21.6. The van der Waals surface area contributed by atoms with Crippen molar-refractivity contribution < 1.29 is 29.7 Å². The van der Waals surface area contributed by atoms with Crippen LogP contribution in [0, 0.1) is 0 Å². The minimum absolute atomic E-state index is 0.245. The minimum Gasteiger partial charge on any atom is -0.481 e. The zero-order valence-electron chi connectivity index (χ0n) is 11.9. The van der Waals surface area contributed by atoms with Crippen molar-refractivity contribution in [2.45, 2.75) is 64.3 Å². The number of hydrogen-bond donors (Lipinski definition) is 4. The Morgan fingerprint density at radius 1 is 0.800 bits per heavy atom. The molecule has 1 atom stereocenters. The summed E-state index contributed by atoms with van der Waals surface area (Å²) in [5, 5.41) is 24.6. The van der Waals surface area contributed by atoms with Crippen molar-refractivity contribution in [3.63, 3.8) is 0 Å². The Bertz CT molecular complexity index is 271. The molecule has 0 fully saturated rings. The second-order valence-corrected chi connectivity index (χ2v) is 4.54. The van der Waals surface area contributed by atoms with Gasteiger partial charge in [-0.2, -0.15) is 0 Å². The summed E-state index contributed by atoms with van der Waals surface area (Å²) in [6.45, 7) is 1.42. The van der Waals surface area contributed by atoms with Crippen LogP contribution in [0.15, 0.2) is 0 Å². The summed E-state index contributed by atoms with van der Waals surface area (Å²) in [5.41, 5.74) is 4.84. The molecule has 0 amide bonds. The van der Waals surface area contributed by atoms with Gasteiger partial charge < -0.3 is 21.1 Å². The van der Waals surface area contributed by atoms with Gasteiger partial charge in [-0.3, -0.25) is 14.4 Å². The monoisotopic (exact) mass is 291 g/mol. The molecule has 0 radical (unpaired) electrons. The van der Waals surface area contributed by atoms with Gasteiger partial charge in [-0.25, -0.2) is 0 Å². The Labute approximate surface area is 118 Å². The van der Waals surface area contributed by atoms with Crippen LogP contribution in [-0.4, -0.2) is 39.3 Å². The lowest BCUT2D eigenvalue weighted by Crippen LogP contribution is -2.25. The zero-order valence-corrected chi connectivity index (χ0v) is 11.9. The fourth-order valence-electron chi connectivity index (χ4n) is 1.26. The van der Waals surface area contributed by atoms with E-state index in [4.69, 9.17) is 21.1 Å². The maximum absolute atomic E-state index is 10.1. The first-order valence-corrected chi connectivity index (χ1v) is 6.69. The summed E-state index contributed by atoms with van der Waals surface area (Å²) >= 11 is 0. The average Bonchev–Trinajstić information content (AvgIpc) is 2.32. The van der Waals surface area contributed by atoms with Gasteiger partial charge in [-0.1, -0.05) is 25.7 Å². The fraction of sp³-hybridized carbons (Fsp3) is 0.769. The van der Waals surface area contributed by atoms with Crippen LogP contribution in [-0.2, 0) is 14.4 Å². The van der Waals surface area contributed by atoms with Gasteiger partial charge in [0.15, 0.2) is 0 Å². The molecular weight excluding hydrogens is 266 g/mol. The maximum Gasteiger partial charge on any atom is 0.320 e. The van der Waals surface area contributed by atoms with Crippen LogP contribution in [0.5, 0.6) is 0 Å². The lowest BCUT2D eigenvalue weighted by molar-refractivity contribution is -0.138. The molecule has 0 aromatic rings. The molecule has 0 spiro atoms. The summed E-state index contributed by atoms with van der Waals surface area (Å²) in [4.78, 5) is 29.9. The summed E-state index contributed by atoms with van der Waals surface area (Å²) in [7, 11) is 0. The summed E-state index contributed by atoms with van der Waals surface area (Å²) in [6.07, 6.45) is 5.82. The Morgan fingerprint density at radius 3 is 1.25 bits per heavy atom. The number of aliphatic carboxylic acids is 3. The number of carboxylic acid groups (broad SMARTS) is 3. The molecule has 0 aromatic heterocycles. The fourth-order valence-corrected chi connectivity index (χ4v) is 1.26. The van der Waals surface area contributed by atoms with Crippen molar-refractivity contribution in [2.75, 3.05) is 0 Å². The van der Waals surface area contributed by atoms with Gasteiger partial charge in [0.25, 0.3) is 0 Å². The number of unbranched alkanes of at least 4 members (excludes halogenated alkanes) is 5. The third-order valence-electron chi connectivity index (χ3n) is 2.42. The van der Waals surface area contributed by atoms with Crippen molar-refractivity contribution in [3.8, 4) is 0 Å². The first-order valence-electron chi connectivity index (χ1n) is 6.69. The average molecular weight is 291 g/mol. The van der Waals surface area contributed by atoms with Gasteiger partial charge in [0.1, 0.15) is 6.04 Å². The molecule has 0 saturated carbocycles. The second-order valence-electron chi connectivity index (χ2n) is 4.54. The van der Waals surface area contributed by atoms with E-state index in [9.17, 15) is 14.4 Å². The molecule has 20 heavy (non-hydrogen) atoms. The Morgan fingerprint density at radius 2 is 1.05 bits per heavy atom. The molecule has 0 aromatic carbocycles. The third-order valence-corrected chi connectivity index (χ3v) is 2.42. The normalized spacial score (nSPS) is 11.1. The highest BCUT2D eigenvalue weighted by atomic mass is 16.4. The van der Waals surface area contributed by atoms with E-state index in [-0.39, 0.29) is 12.8 Å². The van der Waals surface area contributed by atoms with E-state index in [0.29, 0.717) is 0 Å². The van der Waals surface area contributed by atoms with Crippen molar-refractivity contribution in [1.82, 2.24) is 0 Å². The van der Waals surface area contributed by atoms with Gasteiger partial charge in [0.2, 0.25) is 0 Å². The van der Waals surface area contributed by atoms with Crippen LogP contribution in [0.2, 0.25) is 0 Å². The molecule has 0 aliphatic rings. The smallest absolute Gasteiger partial charge is 0.320 e. The highest BCUT2D eigenvalue weighted by molar-refractivity contribution is 5.72. The number of hydrogen-bond acceptors (Lipinski definition) is 4. The largest absolute Gasteiger partial charge is 0.481 e. The van der Waals surface area contributed by atoms with Gasteiger partial charge in [-0.15, -0.1) is 0 Å². The molecule has 0 rings (SSSR count). The molecule has 7 nitrogen and oxygen atoms in total. The Hall–Kier alpha value is -1.63. The first-order chi connectivity index (χ1) is 9.27. The summed E-state index contributed by atoms with van der Waals surface area (Å²) in [5.74, 6) is -2.44. The van der Waals surface area contributed by atoms with E-state index in [1.165, 1.54) is 6.92 Å². The predicted octanol–water partition coefficient (Wildman–Crippen LogP) is 1.69. The summed E-state index contributed by atoms with van der Waals surface area (Å²) < 4.78 is 0. The van der Waals surface area contributed by atoms with Crippen LogP contribution >= 0.6 is 0 Å². The second kappa shape index (κ2) is 13.8. The van der Waals surface area contributed by atoms with Crippen LogP contribution in [0.4, 0.5) is 0 Å². The van der Waals surface area contributed by atoms with Crippen molar-refractivity contribution in [3.05, 3.63) is 0 Å². The number of rotatable bonds is 10. The van der Waals surface area contributed by atoms with Gasteiger partial charge in [0.05, 0.1) is 0 Å². The topological polar surface area (TPSA) is 138 Å². The molecule has 0 aliphatic carbocycles. The van der Waals surface area contributed by atoms with Gasteiger partial charge >= 0.3 is 17.9 Å². The van der Waals surface area contributed by atoms with Gasteiger partial charge in [-0.05, 0) is 19.8 Å². The molecule has 0 bridgehead atoms. The van der Waals surface area contributed by atoms with Crippen molar-refractivity contribution in [1.29, 1.82) is 0 Å². The highest BCUT2D eigenvalue weighted by Gasteiger charge is 1.99. The molecule has 7 heteroatoms. The van der Waals surface area contributed by atoms with Gasteiger partial charge in [0, 0.05) is 12.8 Å². The zero-order chi connectivity index (χ0) is 16.0. The molecule has 1 unspecified atom stereocenters. The minimum atomic E-state index is -0.963. The van der Waals surface area contributed by atoms with Crippen molar-refractivity contribution >= 4 is 17.9 Å². The molecule has 0 aliphatic heterocycles. The number of nitrogens with two attached hydrogens (primary N) is 1. The maximum atomic E-state index is 10.1. The standard InChI is InChI=1S/C10H18O4.C3H7NO2/c11-9(12)7-5-3-1-2-4-6-8-10(13)14;1-2(4)3(5)6/h1-8H2,(H,11,12)(H,13,14);2H,4H2,1H3,(H,5,6). The predicted molar refractivity (Wildman–Crippen MR) is 73.5 cm³/mol. The Balaban J connectivity index is 0. The molecular formula is C13H25NO6. The van der Waals surface area contributed by atoms with Crippen LogP contribution in [0.25, 0.3) is 0 Å². The van der Waals surface area contributed by atoms with E-state index in [2.05, 4.69) is 0 Å². The molecule has 5 N–H and O–H groups in total. The van der Waals surface area contributed by atoms with E-state index >= 15 is 0 Å². The molecule has 118 valence electrons.